The molecule has 136 valence electrons. The van der Waals surface area contributed by atoms with Crippen molar-refractivity contribution in [2.45, 2.75) is 0 Å². The lowest BCUT2D eigenvalue weighted by atomic mass is 10.2. The number of hydrogen-bond acceptors (Lipinski definition) is 4. The first-order valence-electron chi connectivity index (χ1n) is 8.29. The van der Waals surface area contributed by atoms with Crippen LogP contribution in [-0.2, 0) is 0 Å². The molecule has 0 aliphatic rings. The van der Waals surface area contributed by atoms with Crippen LogP contribution in [0, 0.1) is 0 Å². The van der Waals surface area contributed by atoms with Gasteiger partial charge in [-0.2, -0.15) is 0 Å². The molecule has 0 unspecified atom stereocenters. The van der Waals surface area contributed by atoms with Crippen molar-refractivity contribution in [2.24, 2.45) is 0 Å². The number of methoxy groups -OCH3 is 1. The lowest BCUT2D eigenvalue weighted by Gasteiger charge is -2.21. The van der Waals surface area contributed by atoms with E-state index in [9.17, 15) is 4.79 Å². The van der Waals surface area contributed by atoms with Gasteiger partial charge in [0.1, 0.15) is 11.3 Å². The Hall–Kier alpha value is -2.15. The van der Waals surface area contributed by atoms with Gasteiger partial charge in [0.2, 0.25) is 0 Å². The molecule has 0 spiro atoms. The molecule has 1 aromatic heterocycles. The second-order valence-corrected chi connectivity index (χ2v) is 7.65. The number of ether oxygens (including phenoxy) is 1. The van der Waals surface area contributed by atoms with Gasteiger partial charge in [-0.3, -0.25) is 9.69 Å². The van der Waals surface area contributed by atoms with Gasteiger partial charge in [-0.25, -0.2) is 4.98 Å². The number of carbonyl (C=O) groups is 1. The number of thiazole rings is 1. The van der Waals surface area contributed by atoms with E-state index in [0.29, 0.717) is 28.0 Å². The molecule has 3 rings (SSSR count). The molecule has 0 radical (unpaired) electrons. The zero-order valence-corrected chi connectivity index (χ0v) is 16.5. The number of para-hydroxylation sites is 1. The average Bonchev–Trinajstić information content (AvgIpc) is 3.07. The Morgan fingerprint density at radius 2 is 2.04 bits per heavy atom. The fourth-order valence-electron chi connectivity index (χ4n) is 2.55. The number of fused-ring (bicyclic) bond motifs is 1. The monoisotopic (exact) mass is 390 g/mol. The van der Waals surface area contributed by atoms with Gasteiger partial charge in [0.05, 0.1) is 44.0 Å². The molecule has 1 N–H and O–H groups in total. The van der Waals surface area contributed by atoms with E-state index < -0.39 is 0 Å². The Balaban J connectivity index is 2.00. The van der Waals surface area contributed by atoms with Crippen molar-refractivity contribution in [3.05, 3.63) is 53.1 Å². The van der Waals surface area contributed by atoms with Crippen LogP contribution in [0.15, 0.2) is 42.5 Å². The highest BCUT2D eigenvalue weighted by molar-refractivity contribution is 7.22. The minimum Gasteiger partial charge on any atom is -0.497 e. The summed E-state index contributed by atoms with van der Waals surface area (Å²) < 4.78 is 6.21. The van der Waals surface area contributed by atoms with Crippen molar-refractivity contribution >= 4 is 44.2 Å². The zero-order chi connectivity index (χ0) is 18.7. The van der Waals surface area contributed by atoms with Crippen LogP contribution in [0.3, 0.4) is 0 Å². The van der Waals surface area contributed by atoms with Crippen LogP contribution < -0.4 is 14.5 Å². The maximum atomic E-state index is 13.2. The first kappa shape index (κ1) is 18.6. The smallest absolute Gasteiger partial charge is 0.260 e. The van der Waals surface area contributed by atoms with Crippen molar-refractivity contribution in [1.29, 1.82) is 0 Å². The molecular formula is C19H21ClN3O2S+. The van der Waals surface area contributed by atoms with Crippen LogP contribution in [0.2, 0.25) is 5.02 Å². The second-order valence-electron chi connectivity index (χ2n) is 6.23. The maximum Gasteiger partial charge on any atom is 0.260 e. The average molecular weight is 391 g/mol. The molecule has 2 aromatic carbocycles. The highest BCUT2D eigenvalue weighted by atomic mass is 35.5. The van der Waals surface area contributed by atoms with Gasteiger partial charge < -0.3 is 9.64 Å². The molecular weight excluding hydrogens is 370 g/mol. The van der Waals surface area contributed by atoms with Crippen molar-refractivity contribution in [1.82, 2.24) is 4.98 Å². The number of quaternary nitrogens is 1. The normalized spacial score (nSPS) is 11.1. The van der Waals surface area contributed by atoms with Crippen LogP contribution in [-0.4, -0.2) is 45.2 Å². The van der Waals surface area contributed by atoms with Crippen molar-refractivity contribution in [3.8, 4) is 5.75 Å². The molecule has 0 aliphatic heterocycles. The van der Waals surface area contributed by atoms with Gasteiger partial charge in [-0.05, 0) is 30.3 Å². The van der Waals surface area contributed by atoms with E-state index in [1.807, 2.05) is 30.3 Å². The van der Waals surface area contributed by atoms with E-state index in [0.717, 1.165) is 16.8 Å². The number of likely N-dealkylation sites (N-methyl/N-ethyl adjacent to an activating group) is 1. The largest absolute Gasteiger partial charge is 0.497 e. The number of hydrogen-bond donors (Lipinski definition) is 1. The minimum absolute atomic E-state index is 0.0969. The molecule has 0 saturated heterocycles. The van der Waals surface area contributed by atoms with Gasteiger partial charge in [-0.15, -0.1) is 0 Å². The SMILES string of the molecule is COc1cccc(C(=O)N(CC[NH+](C)C)c2nc3c(Cl)cccc3s2)c1. The Labute approximate surface area is 161 Å². The molecule has 7 heteroatoms. The van der Waals surface area contributed by atoms with E-state index in [4.69, 9.17) is 16.3 Å². The van der Waals surface area contributed by atoms with Gasteiger partial charge in [0.15, 0.2) is 5.13 Å². The summed E-state index contributed by atoms with van der Waals surface area (Å²) in [6, 6.07) is 12.8. The van der Waals surface area contributed by atoms with Gasteiger partial charge in [-0.1, -0.05) is 35.1 Å². The predicted molar refractivity (Wildman–Crippen MR) is 107 cm³/mol. The zero-order valence-electron chi connectivity index (χ0n) is 15.0. The van der Waals surface area contributed by atoms with Crippen LogP contribution in [0.5, 0.6) is 5.75 Å². The Morgan fingerprint density at radius 3 is 2.73 bits per heavy atom. The summed E-state index contributed by atoms with van der Waals surface area (Å²) in [5.41, 5.74) is 1.30. The minimum atomic E-state index is -0.0969. The molecule has 0 saturated carbocycles. The molecule has 1 heterocycles. The molecule has 26 heavy (non-hydrogen) atoms. The number of anilines is 1. The van der Waals surface area contributed by atoms with Crippen LogP contribution in [0.25, 0.3) is 10.2 Å². The molecule has 0 aliphatic carbocycles. The number of aromatic nitrogens is 1. The van der Waals surface area contributed by atoms with E-state index in [-0.39, 0.29) is 5.91 Å². The number of benzene rings is 2. The molecule has 0 fully saturated rings. The predicted octanol–water partition coefficient (Wildman–Crippen LogP) is 2.75. The van der Waals surface area contributed by atoms with Crippen LogP contribution in [0.4, 0.5) is 5.13 Å². The molecule has 5 nitrogen and oxygen atoms in total. The lowest BCUT2D eigenvalue weighted by molar-refractivity contribution is -0.856. The molecule has 0 atom stereocenters. The third-order valence-electron chi connectivity index (χ3n) is 3.99. The number of halogens is 1. The van der Waals surface area contributed by atoms with Gasteiger partial charge in [0.25, 0.3) is 5.91 Å². The first-order chi connectivity index (χ1) is 12.5. The Morgan fingerprint density at radius 1 is 1.27 bits per heavy atom. The van der Waals surface area contributed by atoms with Crippen molar-refractivity contribution in [3.63, 3.8) is 0 Å². The third-order valence-corrected chi connectivity index (χ3v) is 5.34. The first-order valence-corrected chi connectivity index (χ1v) is 9.49. The summed E-state index contributed by atoms with van der Waals surface area (Å²) in [5.74, 6) is 0.557. The van der Waals surface area contributed by atoms with Gasteiger partial charge in [0, 0.05) is 5.56 Å². The standard InChI is InChI=1S/C19H20ClN3O2S/c1-22(2)10-11-23(18(24)13-6-4-7-14(12-13)25-3)19-21-17-15(20)8-5-9-16(17)26-19/h4-9,12H,10-11H2,1-3H3/p+1. The van der Waals surface area contributed by atoms with Crippen LogP contribution in [0.1, 0.15) is 10.4 Å². The summed E-state index contributed by atoms with van der Waals surface area (Å²) in [6.07, 6.45) is 0. The maximum absolute atomic E-state index is 13.2. The highest BCUT2D eigenvalue weighted by Crippen LogP contribution is 2.33. The molecule has 1 amide bonds. The molecule has 0 bridgehead atoms. The Bertz CT molecular complexity index is 926. The number of rotatable bonds is 6. The number of amides is 1. The topological polar surface area (TPSA) is 46.9 Å². The van der Waals surface area contributed by atoms with E-state index >= 15 is 0 Å². The van der Waals surface area contributed by atoms with Crippen LogP contribution >= 0.6 is 22.9 Å². The molecule has 3 aromatic rings. The van der Waals surface area contributed by atoms with Crippen molar-refractivity contribution in [2.75, 3.05) is 39.2 Å². The number of carbonyl (C=O) groups excluding carboxylic acids is 1. The summed E-state index contributed by atoms with van der Waals surface area (Å²) in [7, 11) is 5.71. The van der Waals surface area contributed by atoms with E-state index in [1.54, 1.807) is 24.1 Å². The number of nitrogens with one attached hydrogen (secondary N) is 1. The summed E-state index contributed by atoms with van der Waals surface area (Å²) in [5, 5.41) is 1.25. The van der Waals surface area contributed by atoms with Crippen molar-refractivity contribution < 1.29 is 14.4 Å². The summed E-state index contributed by atoms with van der Waals surface area (Å²) in [6.45, 7) is 1.37. The number of nitrogens with zero attached hydrogens (tertiary/aromatic N) is 2. The van der Waals surface area contributed by atoms with E-state index in [1.165, 1.54) is 16.2 Å². The van der Waals surface area contributed by atoms with E-state index in [2.05, 4.69) is 19.1 Å². The fourth-order valence-corrected chi connectivity index (χ4v) is 3.84. The lowest BCUT2D eigenvalue weighted by Crippen LogP contribution is -3.06. The second kappa shape index (κ2) is 8.03. The highest BCUT2D eigenvalue weighted by Gasteiger charge is 2.23. The summed E-state index contributed by atoms with van der Waals surface area (Å²) in [4.78, 5) is 20.8. The third kappa shape index (κ3) is 3.98. The van der Waals surface area contributed by atoms with Gasteiger partial charge >= 0.3 is 0 Å². The fraction of sp³-hybridized carbons (Fsp3) is 0.263. The Kier molecular flexibility index (Phi) is 5.76. The summed E-state index contributed by atoms with van der Waals surface area (Å²) >= 11 is 7.73. The quantitative estimate of drug-likeness (QED) is 0.704.